The molecule has 1 aromatic carbocycles. The molecule has 0 bridgehead atoms. The van der Waals surface area contributed by atoms with Crippen LogP contribution >= 0.6 is 0 Å². The van der Waals surface area contributed by atoms with Gasteiger partial charge in [0.05, 0.1) is 11.4 Å². The number of nitrogens with zero attached hydrogens (tertiary/aromatic N) is 3. The Morgan fingerprint density at radius 1 is 1.17 bits per heavy atom. The molecule has 24 heavy (non-hydrogen) atoms. The molecule has 122 valence electrons. The molecular weight excluding hydrogens is 309 g/mol. The third-order valence-electron chi connectivity index (χ3n) is 3.41. The van der Waals surface area contributed by atoms with Gasteiger partial charge in [-0.2, -0.15) is 0 Å². The van der Waals surface area contributed by atoms with Crippen LogP contribution in [0.15, 0.2) is 53.7 Å². The van der Waals surface area contributed by atoms with Crippen LogP contribution in [0.1, 0.15) is 17.0 Å². The highest BCUT2D eigenvalue weighted by Gasteiger charge is 2.06. The minimum atomic E-state index is -0.309. The number of hydrogen-bond acceptors (Lipinski definition) is 5. The molecule has 2 N–H and O–H groups in total. The topological polar surface area (TPSA) is 83.6 Å². The van der Waals surface area contributed by atoms with Crippen LogP contribution < -0.4 is 10.9 Å². The lowest BCUT2D eigenvalue weighted by atomic mass is 10.1. The number of rotatable bonds is 6. The third-order valence-corrected chi connectivity index (χ3v) is 3.41. The van der Waals surface area contributed by atoms with Crippen molar-refractivity contribution in [1.82, 2.24) is 19.9 Å². The van der Waals surface area contributed by atoms with E-state index in [4.69, 9.17) is 0 Å². The maximum absolute atomic E-state index is 13.7. The Morgan fingerprint density at radius 2 is 2.04 bits per heavy atom. The summed E-state index contributed by atoms with van der Waals surface area (Å²) in [6, 6.07) is 7.83. The number of aromatic nitrogens is 4. The monoisotopic (exact) mass is 325 g/mol. The number of anilines is 1. The van der Waals surface area contributed by atoms with Gasteiger partial charge in [0.2, 0.25) is 5.95 Å². The molecule has 0 aliphatic carbocycles. The molecule has 7 heteroatoms. The Morgan fingerprint density at radius 3 is 2.83 bits per heavy atom. The molecule has 0 amide bonds. The Kier molecular flexibility index (Phi) is 4.90. The SMILES string of the molecule is O=c1cc(Cc2ccccc2F)nc(NCCc2cnccn2)[nH]1. The van der Waals surface area contributed by atoms with Crippen LogP contribution in [-0.2, 0) is 12.8 Å². The highest BCUT2D eigenvalue weighted by atomic mass is 19.1. The van der Waals surface area contributed by atoms with E-state index in [1.807, 2.05) is 0 Å². The van der Waals surface area contributed by atoms with Crippen LogP contribution in [0.5, 0.6) is 0 Å². The molecule has 0 spiro atoms. The second-order valence-corrected chi connectivity index (χ2v) is 5.23. The van der Waals surface area contributed by atoms with Gasteiger partial charge in [-0.1, -0.05) is 18.2 Å². The summed E-state index contributed by atoms with van der Waals surface area (Å²) < 4.78 is 13.7. The summed E-state index contributed by atoms with van der Waals surface area (Å²) in [6.07, 6.45) is 5.84. The van der Waals surface area contributed by atoms with E-state index in [1.165, 1.54) is 12.1 Å². The minimum Gasteiger partial charge on any atom is -0.355 e. The van der Waals surface area contributed by atoms with Crippen molar-refractivity contribution in [2.45, 2.75) is 12.8 Å². The normalized spacial score (nSPS) is 10.5. The zero-order valence-corrected chi connectivity index (χ0v) is 12.9. The first kappa shape index (κ1) is 15.8. The molecule has 3 rings (SSSR count). The van der Waals surface area contributed by atoms with Crippen LogP contribution in [0.2, 0.25) is 0 Å². The van der Waals surface area contributed by atoms with Crippen LogP contribution in [0, 0.1) is 5.82 Å². The molecule has 0 aliphatic rings. The third kappa shape index (κ3) is 4.22. The van der Waals surface area contributed by atoms with Gasteiger partial charge in [-0.3, -0.25) is 19.7 Å². The largest absolute Gasteiger partial charge is 0.355 e. The number of H-pyrrole nitrogens is 1. The van der Waals surface area contributed by atoms with Gasteiger partial charge in [0.15, 0.2) is 0 Å². The lowest BCUT2D eigenvalue weighted by Crippen LogP contribution is -2.16. The van der Waals surface area contributed by atoms with Crippen molar-refractivity contribution >= 4 is 5.95 Å². The van der Waals surface area contributed by atoms with Gasteiger partial charge in [0, 0.05) is 44.0 Å². The molecule has 0 atom stereocenters. The van der Waals surface area contributed by atoms with Gasteiger partial charge >= 0.3 is 0 Å². The smallest absolute Gasteiger partial charge is 0.252 e. The fourth-order valence-corrected chi connectivity index (χ4v) is 2.29. The fraction of sp³-hybridized carbons (Fsp3) is 0.176. The van der Waals surface area contributed by atoms with E-state index in [0.29, 0.717) is 30.2 Å². The maximum Gasteiger partial charge on any atom is 0.252 e. The van der Waals surface area contributed by atoms with E-state index in [9.17, 15) is 9.18 Å². The lowest BCUT2D eigenvalue weighted by molar-refractivity contribution is 0.613. The van der Waals surface area contributed by atoms with E-state index in [1.54, 1.807) is 36.8 Å². The van der Waals surface area contributed by atoms with Gasteiger partial charge in [-0.25, -0.2) is 9.37 Å². The van der Waals surface area contributed by atoms with Crippen molar-refractivity contribution in [3.8, 4) is 0 Å². The summed E-state index contributed by atoms with van der Waals surface area (Å²) in [6.45, 7) is 0.546. The number of hydrogen-bond donors (Lipinski definition) is 2. The van der Waals surface area contributed by atoms with Crippen molar-refractivity contribution in [2.75, 3.05) is 11.9 Å². The maximum atomic E-state index is 13.7. The van der Waals surface area contributed by atoms with Crippen LogP contribution in [0.25, 0.3) is 0 Å². The molecule has 0 saturated carbocycles. The summed E-state index contributed by atoms with van der Waals surface area (Å²) >= 11 is 0. The van der Waals surface area contributed by atoms with E-state index in [-0.39, 0.29) is 17.8 Å². The minimum absolute atomic E-state index is 0.259. The zero-order chi connectivity index (χ0) is 16.8. The van der Waals surface area contributed by atoms with Gasteiger partial charge in [0.25, 0.3) is 5.56 Å². The summed E-state index contributed by atoms with van der Waals surface area (Å²) in [5.41, 5.74) is 1.57. The molecule has 0 radical (unpaired) electrons. The summed E-state index contributed by atoms with van der Waals surface area (Å²) in [7, 11) is 0. The fourth-order valence-electron chi connectivity index (χ4n) is 2.29. The standard InChI is InChI=1S/C17H16FN5O/c18-15-4-2-1-3-12(15)9-14-10-16(24)23-17(22-14)21-6-5-13-11-19-7-8-20-13/h1-4,7-8,10-11H,5-6,9H2,(H2,21,22,23,24). The molecule has 6 nitrogen and oxygen atoms in total. The molecule has 2 aromatic heterocycles. The first-order valence-electron chi connectivity index (χ1n) is 7.53. The van der Waals surface area contributed by atoms with Gasteiger partial charge < -0.3 is 5.32 Å². The summed E-state index contributed by atoms with van der Waals surface area (Å²) in [4.78, 5) is 26.9. The van der Waals surface area contributed by atoms with Crippen LogP contribution in [0.3, 0.4) is 0 Å². The molecule has 0 aliphatic heterocycles. The first-order valence-corrected chi connectivity index (χ1v) is 7.53. The predicted molar refractivity (Wildman–Crippen MR) is 88.3 cm³/mol. The number of aromatic amines is 1. The quantitative estimate of drug-likeness (QED) is 0.724. The molecule has 0 unspecified atom stereocenters. The second-order valence-electron chi connectivity index (χ2n) is 5.23. The predicted octanol–water partition coefficient (Wildman–Crippen LogP) is 1.94. The number of halogens is 1. The lowest BCUT2D eigenvalue weighted by Gasteiger charge is -2.07. The molecule has 0 fully saturated rings. The molecule has 3 aromatic rings. The Balaban J connectivity index is 1.67. The van der Waals surface area contributed by atoms with E-state index < -0.39 is 0 Å². The van der Waals surface area contributed by atoms with Crippen LogP contribution in [-0.4, -0.2) is 26.5 Å². The number of benzene rings is 1. The Labute approximate surface area is 137 Å². The molecule has 0 saturated heterocycles. The average Bonchev–Trinajstić information content (AvgIpc) is 2.57. The van der Waals surface area contributed by atoms with E-state index >= 15 is 0 Å². The van der Waals surface area contributed by atoms with Gasteiger partial charge in [0.1, 0.15) is 5.82 Å². The molecule has 2 heterocycles. The van der Waals surface area contributed by atoms with Crippen molar-refractivity contribution in [1.29, 1.82) is 0 Å². The van der Waals surface area contributed by atoms with E-state index in [0.717, 1.165) is 5.69 Å². The Bertz CT molecular complexity index is 866. The highest BCUT2D eigenvalue weighted by molar-refractivity contribution is 5.29. The number of nitrogens with one attached hydrogen (secondary N) is 2. The van der Waals surface area contributed by atoms with Crippen molar-refractivity contribution in [3.05, 3.63) is 82.0 Å². The highest BCUT2D eigenvalue weighted by Crippen LogP contribution is 2.11. The zero-order valence-electron chi connectivity index (χ0n) is 12.9. The Hall–Kier alpha value is -3.09. The van der Waals surface area contributed by atoms with Gasteiger partial charge in [-0.15, -0.1) is 0 Å². The summed E-state index contributed by atoms with van der Waals surface area (Å²) in [5.74, 6) is 0.0504. The average molecular weight is 325 g/mol. The second kappa shape index (κ2) is 7.45. The summed E-state index contributed by atoms with van der Waals surface area (Å²) in [5, 5.41) is 3.05. The van der Waals surface area contributed by atoms with E-state index in [2.05, 4.69) is 25.3 Å². The van der Waals surface area contributed by atoms with Crippen LogP contribution in [0.4, 0.5) is 10.3 Å². The van der Waals surface area contributed by atoms with Crippen molar-refractivity contribution in [3.63, 3.8) is 0 Å². The van der Waals surface area contributed by atoms with Crippen molar-refractivity contribution < 1.29 is 4.39 Å². The first-order chi connectivity index (χ1) is 11.7. The van der Waals surface area contributed by atoms with Crippen molar-refractivity contribution in [2.24, 2.45) is 0 Å². The van der Waals surface area contributed by atoms with Gasteiger partial charge in [-0.05, 0) is 11.6 Å². The molecular formula is C17H16FN5O.